The maximum absolute atomic E-state index is 6.13. The van der Waals surface area contributed by atoms with E-state index in [9.17, 15) is 0 Å². The van der Waals surface area contributed by atoms with Crippen LogP contribution in [0.4, 0.5) is 23.0 Å². The molecule has 0 aliphatic heterocycles. The highest BCUT2D eigenvalue weighted by Crippen LogP contribution is 2.25. The first kappa shape index (κ1) is 15.1. The van der Waals surface area contributed by atoms with Gasteiger partial charge in [-0.15, -0.1) is 0 Å². The number of halogens is 1. The molecule has 0 amide bonds. The molecule has 0 unspecified atom stereocenters. The summed E-state index contributed by atoms with van der Waals surface area (Å²) in [6.45, 7) is 0.590. The molecule has 0 aliphatic carbocycles. The monoisotopic (exact) mass is 326 g/mol. The van der Waals surface area contributed by atoms with E-state index in [0.29, 0.717) is 28.9 Å². The van der Waals surface area contributed by atoms with Crippen molar-refractivity contribution >= 4 is 34.6 Å². The Morgan fingerprint density at radius 1 is 0.957 bits per heavy atom. The third-order valence-corrected chi connectivity index (χ3v) is 3.45. The van der Waals surface area contributed by atoms with Gasteiger partial charge in [0.2, 0.25) is 0 Å². The Hall–Kier alpha value is -2.86. The van der Waals surface area contributed by atoms with Gasteiger partial charge in [0.1, 0.15) is 12.0 Å². The van der Waals surface area contributed by atoms with Gasteiger partial charge in [-0.1, -0.05) is 23.7 Å². The first-order chi connectivity index (χ1) is 11.2. The predicted molar refractivity (Wildman–Crippen MR) is 92.7 cm³/mol. The fraction of sp³-hybridized carbons (Fsp3) is 0.0625. The van der Waals surface area contributed by atoms with Gasteiger partial charge in [-0.05, 0) is 29.8 Å². The van der Waals surface area contributed by atoms with Crippen molar-refractivity contribution in [3.05, 3.63) is 65.7 Å². The number of nitrogens with zero attached hydrogens (tertiary/aromatic N) is 3. The molecule has 116 valence electrons. The molecule has 3 aromatic rings. The van der Waals surface area contributed by atoms with Crippen LogP contribution in [0, 0.1) is 0 Å². The van der Waals surface area contributed by atoms with Gasteiger partial charge in [0, 0.05) is 29.6 Å². The maximum atomic E-state index is 6.13. The van der Waals surface area contributed by atoms with E-state index in [1.807, 2.05) is 36.4 Å². The lowest BCUT2D eigenvalue weighted by molar-refractivity contribution is 1.09. The van der Waals surface area contributed by atoms with Gasteiger partial charge in [0.15, 0.2) is 11.6 Å². The number of pyridine rings is 1. The number of nitrogens with two attached hydrogens (primary N) is 1. The van der Waals surface area contributed by atoms with Gasteiger partial charge in [0.05, 0.1) is 0 Å². The molecule has 23 heavy (non-hydrogen) atoms. The first-order valence-electron chi connectivity index (χ1n) is 6.98. The van der Waals surface area contributed by atoms with Crippen LogP contribution in [0.3, 0.4) is 0 Å². The van der Waals surface area contributed by atoms with E-state index in [0.717, 1.165) is 11.3 Å². The summed E-state index contributed by atoms with van der Waals surface area (Å²) < 4.78 is 0. The summed E-state index contributed by atoms with van der Waals surface area (Å²) in [4.78, 5) is 12.3. The number of rotatable bonds is 5. The minimum Gasteiger partial charge on any atom is -0.393 e. The summed E-state index contributed by atoms with van der Waals surface area (Å²) in [6, 6.07) is 11.3. The molecule has 0 radical (unpaired) electrons. The zero-order chi connectivity index (χ0) is 16.1. The highest BCUT2D eigenvalue weighted by molar-refractivity contribution is 6.30. The molecule has 1 aromatic carbocycles. The molecule has 0 saturated carbocycles. The van der Waals surface area contributed by atoms with E-state index in [4.69, 9.17) is 17.3 Å². The molecule has 2 aromatic heterocycles. The Balaban J connectivity index is 1.73. The average molecular weight is 327 g/mol. The van der Waals surface area contributed by atoms with Crippen molar-refractivity contribution < 1.29 is 0 Å². The fourth-order valence-corrected chi connectivity index (χ4v) is 2.12. The Morgan fingerprint density at radius 3 is 2.39 bits per heavy atom. The van der Waals surface area contributed by atoms with Gasteiger partial charge >= 0.3 is 0 Å². The highest BCUT2D eigenvalue weighted by atomic mass is 35.5. The summed E-state index contributed by atoms with van der Waals surface area (Å²) in [7, 11) is 0. The van der Waals surface area contributed by atoms with E-state index in [1.54, 1.807) is 12.4 Å². The van der Waals surface area contributed by atoms with Gasteiger partial charge in [-0.3, -0.25) is 4.98 Å². The van der Waals surface area contributed by atoms with E-state index in [-0.39, 0.29) is 0 Å². The zero-order valence-electron chi connectivity index (χ0n) is 12.2. The minimum absolute atomic E-state index is 0.457. The number of hydrogen-bond acceptors (Lipinski definition) is 6. The van der Waals surface area contributed by atoms with Crippen LogP contribution in [0.2, 0.25) is 5.02 Å². The molecule has 0 fully saturated rings. The molecule has 0 saturated heterocycles. The number of anilines is 4. The third kappa shape index (κ3) is 3.87. The van der Waals surface area contributed by atoms with Crippen molar-refractivity contribution in [1.29, 1.82) is 0 Å². The van der Waals surface area contributed by atoms with Gasteiger partial charge in [0.25, 0.3) is 0 Å². The second-order valence-corrected chi connectivity index (χ2v) is 5.26. The molecule has 4 N–H and O–H groups in total. The molecule has 0 bridgehead atoms. The third-order valence-electron chi connectivity index (χ3n) is 3.20. The van der Waals surface area contributed by atoms with E-state index >= 15 is 0 Å². The largest absolute Gasteiger partial charge is 0.393 e. The van der Waals surface area contributed by atoms with Crippen LogP contribution in [-0.4, -0.2) is 15.0 Å². The number of nitrogen functional groups attached to an aromatic ring is 1. The van der Waals surface area contributed by atoms with Crippen LogP contribution in [0.1, 0.15) is 5.56 Å². The lowest BCUT2D eigenvalue weighted by Gasteiger charge is -2.12. The van der Waals surface area contributed by atoms with Crippen LogP contribution >= 0.6 is 11.6 Å². The smallest absolute Gasteiger partial charge is 0.159 e. The Bertz CT molecular complexity index is 776. The number of aromatic nitrogens is 3. The van der Waals surface area contributed by atoms with Crippen LogP contribution in [0.5, 0.6) is 0 Å². The summed E-state index contributed by atoms with van der Waals surface area (Å²) >= 11 is 5.88. The van der Waals surface area contributed by atoms with Crippen molar-refractivity contribution in [3.8, 4) is 0 Å². The molecule has 0 aliphatic rings. The van der Waals surface area contributed by atoms with Crippen LogP contribution in [-0.2, 0) is 6.54 Å². The molecule has 3 rings (SSSR count). The minimum atomic E-state index is 0.457. The molecular weight excluding hydrogens is 312 g/mol. The summed E-state index contributed by atoms with van der Waals surface area (Å²) in [5.41, 5.74) is 8.52. The normalized spacial score (nSPS) is 10.3. The van der Waals surface area contributed by atoms with E-state index < -0.39 is 0 Å². The molecular formula is C16H15ClN6. The highest BCUT2D eigenvalue weighted by Gasteiger charge is 2.08. The van der Waals surface area contributed by atoms with Crippen molar-refractivity contribution in [2.45, 2.75) is 6.54 Å². The molecule has 2 heterocycles. The Kier molecular flexibility index (Phi) is 4.54. The number of benzene rings is 1. The van der Waals surface area contributed by atoms with Crippen LogP contribution in [0.15, 0.2) is 55.1 Å². The SMILES string of the molecule is Nc1c(NCc2ccc(Cl)cc2)ncnc1Nc1ccncc1. The van der Waals surface area contributed by atoms with Crippen LogP contribution in [0.25, 0.3) is 0 Å². The molecule has 0 spiro atoms. The fourth-order valence-electron chi connectivity index (χ4n) is 2.00. The van der Waals surface area contributed by atoms with Crippen molar-refractivity contribution in [2.24, 2.45) is 0 Å². The van der Waals surface area contributed by atoms with Crippen molar-refractivity contribution in [2.75, 3.05) is 16.4 Å². The Labute approximate surface area is 138 Å². The second kappa shape index (κ2) is 6.93. The zero-order valence-corrected chi connectivity index (χ0v) is 13.0. The van der Waals surface area contributed by atoms with E-state index in [1.165, 1.54) is 6.33 Å². The van der Waals surface area contributed by atoms with Gasteiger partial charge in [-0.25, -0.2) is 9.97 Å². The predicted octanol–water partition coefficient (Wildman–Crippen LogP) is 3.46. The average Bonchev–Trinajstić information content (AvgIpc) is 2.58. The quantitative estimate of drug-likeness (QED) is 0.665. The van der Waals surface area contributed by atoms with Gasteiger partial charge in [-0.2, -0.15) is 0 Å². The molecule has 0 atom stereocenters. The molecule has 7 heteroatoms. The maximum Gasteiger partial charge on any atom is 0.159 e. The second-order valence-electron chi connectivity index (χ2n) is 4.83. The number of hydrogen-bond donors (Lipinski definition) is 3. The van der Waals surface area contributed by atoms with Crippen LogP contribution < -0.4 is 16.4 Å². The lowest BCUT2D eigenvalue weighted by atomic mass is 10.2. The number of nitrogens with one attached hydrogen (secondary N) is 2. The summed E-state index contributed by atoms with van der Waals surface area (Å²) in [6.07, 6.45) is 4.85. The molecule has 6 nitrogen and oxygen atoms in total. The topological polar surface area (TPSA) is 88.8 Å². The van der Waals surface area contributed by atoms with Crippen molar-refractivity contribution in [1.82, 2.24) is 15.0 Å². The lowest BCUT2D eigenvalue weighted by Crippen LogP contribution is -2.08. The Morgan fingerprint density at radius 2 is 1.65 bits per heavy atom. The van der Waals surface area contributed by atoms with Gasteiger partial charge < -0.3 is 16.4 Å². The van der Waals surface area contributed by atoms with E-state index in [2.05, 4.69) is 25.6 Å². The summed E-state index contributed by atoms with van der Waals surface area (Å²) in [5, 5.41) is 7.06. The standard InChI is InChI=1S/C16H15ClN6/c17-12-3-1-11(2-4-12)9-20-15-14(18)16(22-10-21-15)23-13-5-7-19-8-6-13/h1-8,10H,9,18H2,(H2,19,20,21,22,23). The summed E-state index contributed by atoms with van der Waals surface area (Å²) in [5.74, 6) is 1.12. The first-order valence-corrected chi connectivity index (χ1v) is 7.36. The van der Waals surface area contributed by atoms with Crippen molar-refractivity contribution in [3.63, 3.8) is 0 Å².